The summed E-state index contributed by atoms with van der Waals surface area (Å²) in [7, 11) is 1.74. The van der Waals surface area contributed by atoms with Gasteiger partial charge in [0.05, 0.1) is 12.3 Å². The molecule has 17 heavy (non-hydrogen) atoms. The van der Waals surface area contributed by atoms with Crippen LogP contribution in [0.15, 0.2) is 6.20 Å². The third kappa shape index (κ3) is 2.81. The summed E-state index contributed by atoms with van der Waals surface area (Å²) in [5, 5.41) is 0.746. The lowest BCUT2D eigenvalue weighted by molar-refractivity contribution is 0.0496. The van der Waals surface area contributed by atoms with E-state index in [-0.39, 0.29) is 11.4 Å². The molecule has 2 rings (SSSR count). The second-order valence-electron chi connectivity index (χ2n) is 4.30. The molecule has 0 aromatic carbocycles. The molecule has 1 aromatic rings. The summed E-state index contributed by atoms with van der Waals surface area (Å²) in [4.78, 5) is 10.1. The fourth-order valence-corrected chi connectivity index (χ4v) is 2.43. The Kier molecular flexibility index (Phi) is 4.07. The molecule has 6 heteroatoms. The summed E-state index contributed by atoms with van der Waals surface area (Å²) in [6, 6.07) is 0. The Labute approximate surface area is 111 Å². The van der Waals surface area contributed by atoms with Gasteiger partial charge in [0.25, 0.3) is 0 Å². The van der Waals surface area contributed by atoms with Crippen molar-refractivity contribution in [1.29, 1.82) is 0 Å². The molecular weight excluding hydrogens is 261 g/mol. The summed E-state index contributed by atoms with van der Waals surface area (Å²) in [6.45, 7) is 3.89. The fourth-order valence-electron chi connectivity index (χ4n) is 2.09. The van der Waals surface area contributed by atoms with Crippen LogP contribution in [0.5, 0.6) is 0 Å². The van der Waals surface area contributed by atoms with Crippen molar-refractivity contribution in [2.45, 2.75) is 19.4 Å². The molecule has 0 saturated carbocycles. The van der Waals surface area contributed by atoms with Gasteiger partial charge in [0, 0.05) is 20.2 Å². The quantitative estimate of drug-likeness (QED) is 0.778. The number of hydrogen-bond donors (Lipinski definition) is 0. The van der Waals surface area contributed by atoms with Gasteiger partial charge in [-0.2, -0.15) is 4.98 Å². The number of anilines is 1. The molecule has 0 radical (unpaired) electrons. The van der Waals surface area contributed by atoms with E-state index in [1.807, 2.05) is 0 Å². The van der Waals surface area contributed by atoms with E-state index in [1.165, 1.54) is 6.20 Å². The number of hydrogen-bond acceptors (Lipinski definition) is 4. The molecule has 0 amide bonds. The zero-order valence-electron chi connectivity index (χ0n) is 9.86. The van der Waals surface area contributed by atoms with Crippen molar-refractivity contribution in [3.63, 3.8) is 0 Å². The van der Waals surface area contributed by atoms with Crippen molar-refractivity contribution >= 4 is 29.0 Å². The van der Waals surface area contributed by atoms with E-state index in [1.54, 1.807) is 7.11 Å². The predicted octanol–water partition coefficient (Wildman–Crippen LogP) is 2.64. The Morgan fingerprint density at radius 2 is 2.24 bits per heavy atom. The van der Waals surface area contributed by atoms with E-state index in [2.05, 4.69) is 21.8 Å². The molecule has 0 aliphatic carbocycles. The summed E-state index contributed by atoms with van der Waals surface area (Å²) in [5.74, 6) is 1.24. The van der Waals surface area contributed by atoms with Crippen LogP contribution in [0.1, 0.15) is 13.3 Å². The van der Waals surface area contributed by atoms with Gasteiger partial charge in [-0.1, -0.05) is 18.5 Å². The Hall–Kier alpha value is -0.580. The summed E-state index contributed by atoms with van der Waals surface area (Å²) in [5.41, 5.74) is 0. The van der Waals surface area contributed by atoms with Gasteiger partial charge >= 0.3 is 0 Å². The maximum atomic E-state index is 6.09. The number of aromatic nitrogens is 2. The van der Waals surface area contributed by atoms with Crippen molar-refractivity contribution in [3.05, 3.63) is 16.5 Å². The Balaban J connectivity index is 2.20. The number of piperidine rings is 1. The first-order chi connectivity index (χ1) is 8.11. The van der Waals surface area contributed by atoms with Crippen LogP contribution in [0.2, 0.25) is 10.3 Å². The van der Waals surface area contributed by atoms with E-state index in [0.717, 1.165) is 19.5 Å². The molecule has 1 fully saturated rings. The van der Waals surface area contributed by atoms with Gasteiger partial charge in [-0.15, -0.1) is 0 Å². The molecule has 2 unspecified atom stereocenters. The fraction of sp³-hybridized carbons (Fsp3) is 0.636. The second kappa shape index (κ2) is 5.38. The van der Waals surface area contributed by atoms with Gasteiger partial charge in [-0.25, -0.2) is 4.98 Å². The Bertz CT molecular complexity index is 402. The molecule has 1 saturated heterocycles. The van der Waals surface area contributed by atoms with Crippen molar-refractivity contribution in [1.82, 2.24) is 9.97 Å². The highest BCUT2D eigenvalue weighted by molar-refractivity contribution is 6.33. The van der Waals surface area contributed by atoms with Crippen LogP contribution in [0.4, 0.5) is 5.82 Å². The van der Waals surface area contributed by atoms with E-state index in [0.29, 0.717) is 16.8 Å². The van der Waals surface area contributed by atoms with Crippen LogP contribution in [0, 0.1) is 5.92 Å². The van der Waals surface area contributed by atoms with Crippen LogP contribution in [0.25, 0.3) is 0 Å². The molecule has 0 spiro atoms. The molecule has 2 atom stereocenters. The summed E-state index contributed by atoms with van der Waals surface area (Å²) in [6.07, 6.45) is 2.79. The first-order valence-corrected chi connectivity index (χ1v) is 6.33. The molecule has 1 aromatic heterocycles. The van der Waals surface area contributed by atoms with Crippen LogP contribution >= 0.6 is 23.2 Å². The average molecular weight is 276 g/mol. The largest absolute Gasteiger partial charge is 0.379 e. The van der Waals surface area contributed by atoms with E-state index >= 15 is 0 Å². The molecular formula is C11H15Cl2N3O. The van der Waals surface area contributed by atoms with Gasteiger partial charge in [0.2, 0.25) is 5.28 Å². The molecule has 0 bridgehead atoms. The van der Waals surface area contributed by atoms with Crippen molar-refractivity contribution in [2.75, 3.05) is 25.1 Å². The maximum absolute atomic E-state index is 6.09. The van der Waals surface area contributed by atoms with Crippen LogP contribution in [0.3, 0.4) is 0 Å². The highest BCUT2D eigenvalue weighted by atomic mass is 35.5. The monoisotopic (exact) mass is 275 g/mol. The molecule has 1 aliphatic heterocycles. The SMILES string of the molecule is COC1CN(c2nc(Cl)ncc2Cl)CCC1C. The highest BCUT2D eigenvalue weighted by Gasteiger charge is 2.27. The Morgan fingerprint density at radius 1 is 1.47 bits per heavy atom. The smallest absolute Gasteiger partial charge is 0.224 e. The van der Waals surface area contributed by atoms with Crippen LogP contribution in [-0.4, -0.2) is 36.3 Å². The maximum Gasteiger partial charge on any atom is 0.224 e. The van der Waals surface area contributed by atoms with Crippen molar-refractivity contribution in [3.8, 4) is 0 Å². The second-order valence-corrected chi connectivity index (χ2v) is 5.04. The summed E-state index contributed by atoms with van der Waals surface area (Å²) >= 11 is 11.9. The molecule has 2 heterocycles. The van der Waals surface area contributed by atoms with E-state index < -0.39 is 0 Å². The number of nitrogens with zero attached hydrogens (tertiary/aromatic N) is 3. The van der Waals surface area contributed by atoms with Gasteiger partial charge in [0.1, 0.15) is 5.02 Å². The minimum Gasteiger partial charge on any atom is -0.379 e. The predicted molar refractivity (Wildman–Crippen MR) is 68.8 cm³/mol. The lowest BCUT2D eigenvalue weighted by Gasteiger charge is -2.37. The van der Waals surface area contributed by atoms with Crippen molar-refractivity contribution in [2.24, 2.45) is 5.92 Å². The number of halogens is 2. The minimum absolute atomic E-state index is 0.202. The lowest BCUT2D eigenvalue weighted by Crippen LogP contribution is -2.44. The lowest BCUT2D eigenvalue weighted by atomic mass is 9.96. The molecule has 94 valence electrons. The molecule has 0 N–H and O–H groups in total. The van der Waals surface area contributed by atoms with Crippen LogP contribution < -0.4 is 4.90 Å². The average Bonchev–Trinajstić information content (AvgIpc) is 2.33. The number of rotatable bonds is 2. The van der Waals surface area contributed by atoms with Gasteiger partial charge in [0.15, 0.2) is 5.82 Å². The normalized spacial score (nSPS) is 25.1. The number of ether oxygens (including phenoxy) is 1. The first kappa shape index (κ1) is 12.9. The Morgan fingerprint density at radius 3 is 2.94 bits per heavy atom. The van der Waals surface area contributed by atoms with Crippen molar-refractivity contribution < 1.29 is 4.74 Å². The number of methoxy groups -OCH3 is 1. The summed E-state index contributed by atoms with van der Waals surface area (Å²) < 4.78 is 5.46. The van der Waals surface area contributed by atoms with E-state index in [9.17, 15) is 0 Å². The zero-order valence-corrected chi connectivity index (χ0v) is 11.4. The van der Waals surface area contributed by atoms with Gasteiger partial charge in [-0.3, -0.25) is 0 Å². The first-order valence-electron chi connectivity index (χ1n) is 5.57. The third-order valence-corrected chi connectivity index (χ3v) is 3.64. The highest BCUT2D eigenvalue weighted by Crippen LogP contribution is 2.28. The molecule has 4 nitrogen and oxygen atoms in total. The van der Waals surface area contributed by atoms with Gasteiger partial charge < -0.3 is 9.64 Å². The zero-order chi connectivity index (χ0) is 12.4. The minimum atomic E-state index is 0.202. The topological polar surface area (TPSA) is 38.2 Å². The standard InChI is InChI=1S/C11H15Cl2N3O/c1-7-3-4-16(6-9(7)17-2)10-8(12)5-14-11(13)15-10/h5,7,9H,3-4,6H2,1-2H3. The van der Waals surface area contributed by atoms with E-state index in [4.69, 9.17) is 27.9 Å². The van der Waals surface area contributed by atoms with Gasteiger partial charge in [-0.05, 0) is 23.9 Å². The molecule has 1 aliphatic rings. The van der Waals surface area contributed by atoms with Crippen LogP contribution in [-0.2, 0) is 4.74 Å². The third-order valence-electron chi connectivity index (χ3n) is 3.19.